The zero-order valence-corrected chi connectivity index (χ0v) is 14.6. The number of imide groups is 1. The molecule has 1 aliphatic heterocycles. The summed E-state index contributed by atoms with van der Waals surface area (Å²) in [6.07, 6.45) is 0. The first-order valence-electron chi connectivity index (χ1n) is 7.32. The topological polar surface area (TPSA) is 78.5 Å². The fourth-order valence-corrected chi connectivity index (χ4v) is 2.94. The molecule has 1 saturated heterocycles. The number of carbonyl (C=O) groups excluding carboxylic acids is 3. The Hall–Kier alpha value is -2.57. The van der Waals surface area contributed by atoms with E-state index in [1.165, 1.54) is 12.1 Å². The summed E-state index contributed by atoms with van der Waals surface area (Å²) in [5.74, 6) is -1.32. The van der Waals surface area contributed by atoms with Crippen LogP contribution in [0.1, 0.15) is 22.8 Å². The summed E-state index contributed by atoms with van der Waals surface area (Å²) in [5.41, 5.74) is 1.66. The van der Waals surface area contributed by atoms with Crippen molar-refractivity contribution >= 4 is 41.0 Å². The van der Waals surface area contributed by atoms with Crippen molar-refractivity contribution in [2.24, 2.45) is 0 Å². The number of carbonyl (C=O) groups is 3. The Labute approximate surface area is 153 Å². The summed E-state index contributed by atoms with van der Waals surface area (Å²) in [5, 5.41) is 3.47. The number of nitrogens with zero attached hydrogens (tertiary/aromatic N) is 1. The van der Waals surface area contributed by atoms with E-state index in [9.17, 15) is 14.4 Å². The highest BCUT2D eigenvalue weighted by atomic mass is 35.5. The number of halogens is 2. The molecule has 0 bridgehead atoms. The molecule has 1 aliphatic rings. The minimum atomic E-state index is -1.27. The maximum Gasteiger partial charge on any atom is 0.344 e. The maximum atomic E-state index is 12.7. The maximum absolute atomic E-state index is 12.7. The first-order chi connectivity index (χ1) is 11.8. The van der Waals surface area contributed by atoms with Gasteiger partial charge in [-0.2, -0.15) is 5.01 Å². The molecule has 2 N–H and O–H groups in total. The van der Waals surface area contributed by atoms with Crippen LogP contribution in [0, 0.1) is 0 Å². The summed E-state index contributed by atoms with van der Waals surface area (Å²) in [6, 6.07) is 12.5. The van der Waals surface area contributed by atoms with Crippen LogP contribution < -0.4 is 10.7 Å². The number of urea groups is 1. The largest absolute Gasteiger partial charge is 0.344 e. The zero-order valence-electron chi connectivity index (χ0n) is 13.0. The van der Waals surface area contributed by atoms with E-state index >= 15 is 0 Å². The van der Waals surface area contributed by atoms with Crippen LogP contribution in [0.3, 0.4) is 0 Å². The van der Waals surface area contributed by atoms with Crippen molar-refractivity contribution in [3.63, 3.8) is 0 Å². The summed E-state index contributed by atoms with van der Waals surface area (Å²) >= 11 is 11.9. The van der Waals surface area contributed by atoms with Crippen molar-refractivity contribution in [2.75, 3.05) is 0 Å². The summed E-state index contributed by atoms with van der Waals surface area (Å²) in [6.45, 7) is 1.57. The molecule has 1 fully saturated rings. The van der Waals surface area contributed by atoms with Crippen molar-refractivity contribution in [1.82, 2.24) is 15.8 Å². The number of rotatable bonds is 3. The molecule has 128 valence electrons. The third-order valence-electron chi connectivity index (χ3n) is 3.95. The van der Waals surface area contributed by atoms with Crippen molar-refractivity contribution in [3.05, 3.63) is 69.7 Å². The van der Waals surface area contributed by atoms with Crippen molar-refractivity contribution in [1.29, 1.82) is 0 Å². The van der Waals surface area contributed by atoms with Gasteiger partial charge in [-0.3, -0.25) is 15.0 Å². The second-order valence-electron chi connectivity index (χ2n) is 5.60. The molecule has 3 rings (SSSR count). The van der Waals surface area contributed by atoms with Crippen LogP contribution in [0.5, 0.6) is 0 Å². The Bertz CT molecular complexity index is 873. The molecule has 0 unspecified atom stereocenters. The quantitative estimate of drug-likeness (QED) is 0.806. The highest BCUT2D eigenvalue weighted by Gasteiger charge is 2.50. The van der Waals surface area contributed by atoms with Crippen molar-refractivity contribution < 1.29 is 14.4 Å². The first-order valence-corrected chi connectivity index (χ1v) is 8.07. The molecule has 0 saturated carbocycles. The number of hydrogen-bond acceptors (Lipinski definition) is 3. The van der Waals surface area contributed by atoms with Crippen LogP contribution in [0.25, 0.3) is 0 Å². The van der Waals surface area contributed by atoms with Gasteiger partial charge in [0.15, 0.2) is 0 Å². The highest BCUT2D eigenvalue weighted by Crippen LogP contribution is 2.29. The van der Waals surface area contributed by atoms with E-state index in [0.29, 0.717) is 10.6 Å². The van der Waals surface area contributed by atoms with E-state index in [4.69, 9.17) is 23.2 Å². The lowest BCUT2D eigenvalue weighted by Crippen LogP contribution is -2.48. The van der Waals surface area contributed by atoms with Crippen LogP contribution in [-0.4, -0.2) is 22.9 Å². The molecule has 0 aromatic heterocycles. The van der Waals surface area contributed by atoms with E-state index in [1.807, 2.05) is 0 Å². The lowest BCUT2D eigenvalue weighted by atomic mass is 9.92. The van der Waals surface area contributed by atoms with Crippen molar-refractivity contribution in [2.45, 2.75) is 12.5 Å². The fourth-order valence-electron chi connectivity index (χ4n) is 2.55. The predicted molar refractivity (Wildman–Crippen MR) is 93.1 cm³/mol. The third kappa shape index (κ3) is 2.94. The average molecular weight is 378 g/mol. The number of nitrogens with one attached hydrogen (secondary N) is 2. The van der Waals surface area contributed by atoms with E-state index in [-0.39, 0.29) is 15.6 Å². The third-order valence-corrected chi connectivity index (χ3v) is 4.77. The van der Waals surface area contributed by atoms with Gasteiger partial charge in [0, 0.05) is 0 Å². The number of benzene rings is 2. The minimum absolute atomic E-state index is 0.0412. The van der Waals surface area contributed by atoms with Gasteiger partial charge in [0.25, 0.3) is 11.8 Å². The average Bonchev–Trinajstić information content (AvgIpc) is 2.82. The molecular formula is C17H13Cl2N3O3. The Morgan fingerprint density at radius 1 is 1.08 bits per heavy atom. The predicted octanol–water partition coefficient (Wildman–Crippen LogP) is 3.11. The molecule has 2 aromatic carbocycles. The number of hydrogen-bond donors (Lipinski definition) is 2. The molecule has 1 atom stereocenters. The second-order valence-corrected chi connectivity index (χ2v) is 6.39. The second kappa shape index (κ2) is 6.38. The fraction of sp³-hybridized carbons (Fsp3) is 0.118. The summed E-state index contributed by atoms with van der Waals surface area (Å²) < 4.78 is 0. The van der Waals surface area contributed by atoms with Gasteiger partial charge in [-0.25, -0.2) is 4.79 Å². The van der Waals surface area contributed by atoms with Gasteiger partial charge in [-0.1, -0.05) is 59.6 Å². The molecule has 4 amide bonds. The smallest absolute Gasteiger partial charge is 0.318 e. The first kappa shape index (κ1) is 17.3. The van der Waals surface area contributed by atoms with E-state index in [0.717, 1.165) is 0 Å². The molecule has 0 spiro atoms. The van der Waals surface area contributed by atoms with E-state index < -0.39 is 23.4 Å². The summed E-state index contributed by atoms with van der Waals surface area (Å²) in [4.78, 5) is 37.3. The van der Waals surface area contributed by atoms with Crippen LogP contribution in [-0.2, 0) is 10.3 Å². The van der Waals surface area contributed by atoms with Crippen LogP contribution in [0.2, 0.25) is 10.0 Å². The lowest BCUT2D eigenvalue weighted by molar-refractivity contribution is -0.132. The monoisotopic (exact) mass is 377 g/mol. The van der Waals surface area contributed by atoms with E-state index in [2.05, 4.69) is 10.7 Å². The van der Waals surface area contributed by atoms with Crippen LogP contribution >= 0.6 is 23.2 Å². The van der Waals surface area contributed by atoms with Gasteiger partial charge in [-0.05, 0) is 24.6 Å². The molecule has 8 heteroatoms. The molecule has 2 aromatic rings. The van der Waals surface area contributed by atoms with Crippen LogP contribution in [0.15, 0.2) is 48.5 Å². The number of hydrazine groups is 1. The molecule has 0 aliphatic carbocycles. The Balaban J connectivity index is 1.86. The zero-order chi connectivity index (χ0) is 18.2. The van der Waals surface area contributed by atoms with Gasteiger partial charge in [0.2, 0.25) is 0 Å². The normalized spacial score (nSPS) is 19.7. The van der Waals surface area contributed by atoms with E-state index in [1.54, 1.807) is 43.3 Å². The van der Waals surface area contributed by atoms with Gasteiger partial charge in [0.05, 0.1) is 15.6 Å². The molecule has 25 heavy (non-hydrogen) atoms. The summed E-state index contributed by atoms with van der Waals surface area (Å²) in [7, 11) is 0. The number of amides is 4. The van der Waals surface area contributed by atoms with Crippen LogP contribution in [0.4, 0.5) is 4.79 Å². The van der Waals surface area contributed by atoms with Gasteiger partial charge >= 0.3 is 6.03 Å². The minimum Gasteiger partial charge on any atom is -0.318 e. The standard InChI is InChI=1S/C17H13Cl2N3O3/c1-17(10-6-3-2-4-7-10)15(24)22(16(25)20-17)21-14(23)11-8-5-9-12(18)13(11)19/h2-9H,1H3,(H,20,25)(H,21,23)/t17-/m1/s1. The van der Waals surface area contributed by atoms with Gasteiger partial charge in [-0.15, -0.1) is 0 Å². The Kier molecular flexibility index (Phi) is 4.41. The van der Waals surface area contributed by atoms with Gasteiger partial charge < -0.3 is 5.32 Å². The van der Waals surface area contributed by atoms with Gasteiger partial charge in [0.1, 0.15) is 5.54 Å². The molecule has 1 heterocycles. The highest BCUT2D eigenvalue weighted by molar-refractivity contribution is 6.43. The molecule has 0 radical (unpaired) electrons. The lowest BCUT2D eigenvalue weighted by Gasteiger charge is -2.22. The Morgan fingerprint density at radius 2 is 1.76 bits per heavy atom. The molecule has 6 nitrogen and oxygen atoms in total. The molecular weight excluding hydrogens is 365 g/mol. The van der Waals surface area contributed by atoms with Crippen molar-refractivity contribution in [3.8, 4) is 0 Å². The SMILES string of the molecule is C[C@]1(c2ccccc2)NC(=O)N(NC(=O)c2cccc(Cl)c2Cl)C1=O. The Morgan fingerprint density at radius 3 is 2.44 bits per heavy atom.